The number of carbonyl (C=O) groups is 1. The molecule has 0 spiro atoms. The molecule has 3 heterocycles. The molecule has 42 heavy (non-hydrogen) atoms. The molecule has 0 bridgehead atoms. The fourth-order valence-electron chi connectivity index (χ4n) is 4.79. The van der Waals surface area contributed by atoms with E-state index in [0.717, 1.165) is 36.6 Å². The number of aromatic nitrogens is 2. The number of hydrogen-bond donors (Lipinski definition) is 3. The van der Waals surface area contributed by atoms with Crippen LogP contribution in [0, 0.1) is 0 Å². The summed E-state index contributed by atoms with van der Waals surface area (Å²) in [6, 6.07) is 15.0. The monoisotopic (exact) mass is 569 g/mol. The maximum absolute atomic E-state index is 13.1. The zero-order valence-electron chi connectivity index (χ0n) is 25.0. The largest absolute Gasteiger partial charge is 0.474 e. The Morgan fingerprint density at radius 2 is 1.71 bits per heavy atom. The predicted octanol–water partition coefficient (Wildman–Crippen LogP) is 6.30. The molecule has 3 N–H and O–H groups in total. The molecule has 0 radical (unpaired) electrons. The van der Waals surface area contributed by atoms with Gasteiger partial charge in [0, 0.05) is 25.5 Å². The van der Waals surface area contributed by atoms with E-state index in [9.17, 15) is 4.79 Å². The lowest BCUT2D eigenvalue weighted by Crippen LogP contribution is -2.30. The Morgan fingerprint density at radius 3 is 2.36 bits per heavy atom. The van der Waals surface area contributed by atoms with E-state index in [-0.39, 0.29) is 5.91 Å². The van der Waals surface area contributed by atoms with E-state index < -0.39 is 5.60 Å². The molecule has 1 fully saturated rings. The smallest absolute Gasteiger partial charge is 0.274 e. The van der Waals surface area contributed by atoms with Gasteiger partial charge in [0.2, 0.25) is 0 Å². The van der Waals surface area contributed by atoms with Gasteiger partial charge in [0.1, 0.15) is 11.3 Å². The summed E-state index contributed by atoms with van der Waals surface area (Å²) in [5.74, 6) is 0.895. The number of para-hydroxylation sites is 2. The van der Waals surface area contributed by atoms with Gasteiger partial charge < -0.3 is 30.5 Å². The van der Waals surface area contributed by atoms with Crippen LogP contribution in [0.2, 0.25) is 0 Å². The molecule has 0 atom stereocenters. The second-order valence-corrected chi connectivity index (χ2v) is 11.5. The van der Waals surface area contributed by atoms with E-state index in [2.05, 4.69) is 48.9 Å². The van der Waals surface area contributed by atoms with Gasteiger partial charge in [-0.15, -0.1) is 0 Å². The van der Waals surface area contributed by atoms with Crippen LogP contribution >= 0.6 is 0 Å². The zero-order chi connectivity index (χ0) is 30.0. The first kappa shape index (κ1) is 30.6. The van der Waals surface area contributed by atoms with Crippen molar-refractivity contribution in [1.82, 2.24) is 19.8 Å². The maximum Gasteiger partial charge on any atom is 0.274 e. The summed E-state index contributed by atoms with van der Waals surface area (Å²) in [5, 5.41) is 9.47. The van der Waals surface area contributed by atoms with E-state index in [1.807, 2.05) is 63.2 Å². The van der Waals surface area contributed by atoms with Crippen LogP contribution in [0.1, 0.15) is 56.1 Å². The highest BCUT2D eigenvalue weighted by Crippen LogP contribution is 2.25. The van der Waals surface area contributed by atoms with E-state index in [4.69, 9.17) is 4.74 Å². The summed E-state index contributed by atoms with van der Waals surface area (Å²) in [5.41, 5.74) is 3.10. The van der Waals surface area contributed by atoms with Gasteiger partial charge in [0.15, 0.2) is 5.88 Å². The summed E-state index contributed by atoms with van der Waals surface area (Å²) in [6.45, 7) is 19.0. The Labute approximate surface area is 249 Å². The minimum atomic E-state index is -0.390. The highest BCUT2D eigenvalue weighted by Gasteiger charge is 2.17. The molecule has 3 aromatic rings. The average molecular weight is 570 g/mol. The minimum Gasteiger partial charge on any atom is -0.474 e. The molecule has 1 aliphatic heterocycles. The third-order valence-corrected chi connectivity index (χ3v) is 6.74. The molecule has 0 aliphatic carbocycles. The fourth-order valence-corrected chi connectivity index (χ4v) is 4.79. The van der Waals surface area contributed by atoms with Crippen LogP contribution in [0.3, 0.4) is 0 Å². The molecule has 1 aliphatic rings. The number of amides is 1. The molecular formula is C33H43N7O2. The first-order valence-electron chi connectivity index (χ1n) is 14.5. The number of nitrogens with one attached hydrogen (secondary N) is 3. The molecule has 0 unspecified atom stereocenters. The number of benzene rings is 1. The summed E-state index contributed by atoms with van der Waals surface area (Å²) in [4.78, 5) is 26.5. The van der Waals surface area contributed by atoms with Crippen LogP contribution in [0.5, 0.6) is 0 Å². The molecule has 1 saturated heterocycles. The van der Waals surface area contributed by atoms with Gasteiger partial charge in [0.05, 0.1) is 29.1 Å². The number of likely N-dealkylation sites (tertiary alicyclic amines) is 1. The second kappa shape index (κ2) is 14.5. The van der Waals surface area contributed by atoms with Crippen LogP contribution in [-0.4, -0.2) is 57.5 Å². The number of ether oxygens (including phenoxy) is 1. The van der Waals surface area contributed by atoms with Crippen LogP contribution < -0.4 is 16.0 Å². The SMILES string of the molecule is C=C(Nc1ccccc1NC(=O)c1ccc(CN(CCCN2CCCC2)C(=C)Nc2cccnc2)cn1)OC(C)(C)C. The fraction of sp³-hybridized carbons (Fsp3) is 0.364. The summed E-state index contributed by atoms with van der Waals surface area (Å²) in [6.07, 6.45) is 8.88. The standard InChI is InChI=1S/C33H43N7O2/c1-25(36-28-12-10-17-34-23-28)40(21-11-20-39-18-8-9-19-39)24-27-15-16-31(35-22-27)32(41)38-30-14-7-6-13-29(30)37-26(2)42-33(3,4)5/h6-7,10,12-17,22-23,36-37H,1-2,8-9,11,18-21,24H2,3-5H3,(H,38,41). The van der Waals surface area contributed by atoms with Gasteiger partial charge in [-0.3, -0.25) is 14.8 Å². The highest BCUT2D eigenvalue weighted by molar-refractivity contribution is 6.04. The van der Waals surface area contributed by atoms with E-state index in [0.29, 0.717) is 29.5 Å². The molecule has 1 aromatic carbocycles. The summed E-state index contributed by atoms with van der Waals surface area (Å²) >= 11 is 0. The van der Waals surface area contributed by atoms with Gasteiger partial charge in [-0.05, 0) is 102 Å². The molecule has 222 valence electrons. The minimum absolute atomic E-state index is 0.303. The van der Waals surface area contributed by atoms with Crippen molar-refractivity contribution in [1.29, 1.82) is 0 Å². The van der Waals surface area contributed by atoms with E-state index in [1.165, 1.54) is 25.9 Å². The number of hydrogen-bond acceptors (Lipinski definition) is 8. The molecule has 1 amide bonds. The number of pyridine rings is 2. The number of carbonyl (C=O) groups excluding carboxylic acids is 1. The van der Waals surface area contributed by atoms with Crippen molar-refractivity contribution in [3.05, 3.63) is 103 Å². The van der Waals surface area contributed by atoms with Gasteiger partial charge in [0.25, 0.3) is 5.91 Å². The molecule has 9 heteroatoms. The second-order valence-electron chi connectivity index (χ2n) is 11.5. The molecule has 4 rings (SSSR count). The van der Waals surface area contributed by atoms with Gasteiger partial charge >= 0.3 is 0 Å². The lowest BCUT2D eigenvalue weighted by Gasteiger charge is -2.28. The quantitative estimate of drug-likeness (QED) is 0.195. The Balaban J connectivity index is 1.39. The normalized spacial score (nSPS) is 13.3. The van der Waals surface area contributed by atoms with Crippen molar-refractivity contribution in [2.45, 2.75) is 52.2 Å². The van der Waals surface area contributed by atoms with Gasteiger partial charge in [-0.1, -0.05) is 24.8 Å². The van der Waals surface area contributed by atoms with E-state index in [1.54, 1.807) is 24.7 Å². The van der Waals surface area contributed by atoms with Crippen LogP contribution in [-0.2, 0) is 11.3 Å². The average Bonchev–Trinajstić information content (AvgIpc) is 3.47. The Bertz CT molecular complexity index is 1330. The lowest BCUT2D eigenvalue weighted by molar-refractivity contribution is 0.0565. The molecule has 0 saturated carbocycles. The Morgan fingerprint density at radius 1 is 0.976 bits per heavy atom. The third-order valence-electron chi connectivity index (χ3n) is 6.74. The summed E-state index contributed by atoms with van der Waals surface area (Å²) < 4.78 is 5.78. The summed E-state index contributed by atoms with van der Waals surface area (Å²) in [7, 11) is 0. The van der Waals surface area contributed by atoms with Crippen LogP contribution in [0.4, 0.5) is 17.1 Å². The van der Waals surface area contributed by atoms with Crippen molar-refractivity contribution >= 4 is 23.0 Å². The van der Waals surface area contributed by atoms with Crippen molar-refractivity contribution in [3.63, 3.8) is 0 Å². The zero-order valence-corrected chi connectivity index (χ0v) is 25.0. The lowest BCUT2D eigenvalue weighted by atomic mass is 10.2. The number of rotatable bonds is 14. The maximum atomic E-state index is 13.1. The van der Waals surface area contributed by atoms with Crippen molar-refractivity contribution in [2.75, 3.05) is 42.1 Å². The van der Waals surface area contributed by atoms with Gasteiger partial charge in [-0.2, -0.15) is 0 Å². The number of anilines is 3. The van der Waals surface area contributed by atoms with Crippen LogP contribution in [0.15, 0.2) is 92.0 Å². The first-order chi connectivity index (χ1) is 20.2. The van der Waals surface area contributed by atoms with Crippen LogP contribution in [0.25, 0.3) is 0 Å². The molecular weight excluding hydrogens is 526 g/mol. The van der Waals surface area contributed by atoms with Crippen molar-refractivity contribution in [3.8, 4) is 0 Å². The van der Waals surface area contributed by atoms with Crippen molar-refractivity contribution < 1.29 is 9.53 Å². The molecule has 9 nitrogen and oxygen atoms in total. The highest BCUT2D eigenvalue weighted by atomic mass is 16.5. The predicted molar refractivity (Wildman–Crippen MR) is 170 cm³/mol. The van der Waals surface area contributed by atoms with Gasteiger partial charge in [-0.25, -0.2) is 0 Å². The first-order valence-corrected chi connectivity index (χ1v) is 14.5. The molecule has 2 aromatic heterocycles. The Hall–Kier alpha value is -4.37. The topological polar surface area (TPSA) is 94.7 Å². The van der Waals surface area contributed by atoms with E-state index >= 15 is 0 Å². The number of nitrogens with zero attached hydrogens (tertiary/aromatic N) is 4. The van der Waals surface area contributed by atoms with Crippen molar-refractivity contribution in [2.24, 2.45) is 0 Å². The Kier molecular flexibility index (Phi) is 10.6. The third kappa shape index (κ3) is 9.62.